The number of carbonyl (C=O) groups is 2. The molecule has 0 saturated heterocycles. The Labute approximate surface area is 163 Å². The first-order valence-corrected chi connectivity index (χ1v) is 8.52. The zero-order valence-corrected chi connectivity index (χ0v) is 16.1. The lowest BCUT2D eigenvalue weighted by Crippen LogP contribution is -2.28. The SMILES string of the molecule is COc1cc(C=CC(=O)OCC(=O)NCc2ccccc2)cc(OC)c1OC. The van der Waals surface area contributed by atoms with Crippen molar-refractivity contribution in [2.45, 2.75) is 6.54 Å². The van der Waals surface area contributed by atoms with Crippen LogP contribution in [0.25, 0.3) is 6.08 Å². The maximum Gasteiger partial charge on any atom is 0.331 e. The summed E-state index contributed by atoms with van der Waals surface area (Å²) in [6, 6.07) is 12.8. The average molecular weight is 385 g/mol. The molecule has 0 fully saturated rings. The van der Waals surface area contributed by atoms with Crippen LogP contribution in [0.2, 0.25) is 0 Å². The maximum atomic E-state index is 11.9. The van der Waals surface area contributed by atoms with Crippen LogP contribution in [0, 0.1) is 0 Å². The summed E-state index contributed by atoms with van der Waals surface area (Å²) in [7, 11) is 4.52. The summed E-state index contributed by atoms with van der Waals surface area (Å²) in [6.45, 7) is 0.0176. The highest BCUT2D eigenvalue weighted by atomic mass is 16.5. The fourth-order valence-corrected chi connectivity index (χ4v) is 2.39. The molecule has 0 aromatic heterocycles. The molecular weight excluding hydrogens is 362 g/mol. The third kappa shape index (κ3) is 6.05. The van der Waals surface area contributed by atoms with Gasteiger partial charge in [-0.1, -0.05) is 30.3 Å². The van der Waals surface area contributed by atoms with E-state index in [0.717, 1.165) is 5.56 Å². The normalized spacial score (nSPS) is 10.4. The number of amides is 1. The van der Waals surface area contributed by atoms with Crippen LogP contribution in [0.1, 0.15) is 11.1 Å². The monoisotopic (exact) mass is 385 g/mol. The highest BCUT2D eigenvalue weighted by Gasteiger charge is 2.12. The second-order valence-corrected chi connectivity index (χ2v) is 5.66. The van der Waals surface area contributed by atoms with Gasteiger partial charge >= 0.3 is 5.97 Å². The van der Waals surface area contributed by atoms with E-state index in [2.05, 4.69) is 5.32 Å². The topological polar surface area (TPSA) is 83.1 Å². The van der Waals surface area contributed by atoms with Gasteiger partial charge in [0, 0.05) is 12.6 Å². The molecule has 148 valence electrons. The van der Waals surface area contributed by atoms with Gasteiger partial charge in [0.15, 0.2) is 18.1 Å². The summed E-state index contributed by atoms with van der Waals surface area (Å²) in [5.74, 6) is 0.382. The number of hydrogen-bond acceptors (Lipinski definition) is 6. The number of rotatable bonds is 9. The number of methoxy groups -OCH3 is 3. The van der Waals surface area contributed by atoms with E-state index in [9.17, 15) is 9.59 Å². The molecule has 1 N–H and O–H groups in total. The quantitative estimate of drug-likeness (QED) is 0.528. The molecule has 1 amide bonds. The molecule has 0 atom stereocenters. The minimum atomic E-state index is -0.636. The van der Waals surface area contributed by atoms with E-state index < -0.39 is 5.97 Å². The summed E-state index contributed by atoms with van der Waals surface area (Å²) in [4.78, 5) is 23.6. The number of benzene rings is 2. The molecule has 2 aromatic rings. The second kappa shape index (κ2) is 10.6. The molecule has 0 aliphatic heterocycles. The molecule has 0 heterocycles. The predicted molar refractivity (Wildman–Crippen MR) is 104 cm³/mol. The molecule has 2 aromatic carbocycles. The first-order valence-electron chi connectivity index (χ1n) is 8.52. The molecule has 0 unspecified atom stereocenters. The van der Waals surface area contributed by atoms with Crippen molar-refractivity contribution in [3.8, 4) is 17.2 Å². The Balaban J connectivity index is 1.88. The number of esters is 1. The Morgan fingerprint density at radius 3 is 2.18 bits per heavy atom. The number of hydrogen-bond donors (Lipinski definition) is 1. The highest BCUT2D eigenvalue weighted by molar-refractivity contribution is 5.89. The molecule has 7 heteroatoms. The summed E-state index contributed by atoms with van der Waals surface area (Å²) in [6.07, 6.45) is 2.76. The number of ether oxygens (including phenoxy) is 4. The van der Waals surface area contributed by atoms with Crippen LogP contribution in [0.3, 0.4) is 0 Å². The van der Waals surface area contributed by atoms with Gasteiger partial charge in [0.1, 0.15) is 0 Å². The smallest absolute Gasteiger partial charge is 0.331 e. The fraction of sp³-hybridized carbons (Fsp3) is 0.238. The lowest BCUT2D eigenvalue weighted by molar-refractivity contribution is -0.143. The lowest BCUT2D eigenvalue weighted by Gasteiger charge is -2.12. The van der Waals surface area contributed by atoms with Gasteiger partial charge in [-0.3, -0.25) is 4.79 Å². The summed E-state index contributed by atoms with van der Waals surface area (Å²) in [5.41, 5.74) is 1.62. The zero-order valence-electron chi connectivity index (χ0n) is 16.1. The summed E-state index contributed by atoms with van der Waals surface area (Å²) >= 11 is 0. The van der Waals surface area contributed by atoms with E-state index in [0.29, 0.717) is 29.4 Å². The van der Waals surface area contributed by atoms with Gasteiger partial charge in [0.2, 0.25) is 5.75 Å². The molecule has 0 radical (unpaired) electrons. The standard InChI is InChI=1S/C21H23NO6/c1-25-17-11-16(12-18(26-2)21(17)27-3)9-10-20(24)28-14-19(23)22-13-15-7-5-4-6-8-15/h4-12H,13-14H2,1-3H3,(H,22,23). The lowest BCUT2D eigenvalue weighted by atomic mass is 10.1. The zero-order chi connectivity index (χ0) is 20.4. The van der Waals surface area contributed by atoms with Crippen molar-refractivity contribution < 1.29 is 28.5 Å². The highest BCUT2D eigenvalue weighted by Crippen LogP contribution is 2.38. The van der Waals surface area contributed by atoms with Gasteiger partial charge in [-0.15, -0.1) is 0 Å². The molecule has 0 aliphatic rings. The first kappa shape index (κ1) is 20.8. The predicted octanol–water partition coefficient (Wildman–Crippen LogP) is 2.59. The Kier molecular flexibility index (Phi) is 7.90. The Hall–Kier alpha value is -3.48. The van der Waals surface area contributed by atoms with Gasteiger partial charge in [0.05, 0.1) is 21.3 Å². The summed E-state index contributed by atoms with van der Waals surface area (Å²) in [5, 5.41) is 2.68. The van der Waals surface area contributed by atoms with Gasteiger partial charge in [-0.2, -0.15) is 0 Å². The summed E-state index contributed by atoms with van der Waals surface area (Å²) < 4.78 is 20.7. The van der Waals surface area contributed by atoms with Crippen LogP contribution in [-0.4, -0.2) is 39.8 Å². The molecule has 0 saturated carbocycles. The van der Waals surface area contributed by atoms with Crippen LogP contribution in [0.5, 0.6) is 17.2 Å². The van der Waals surface area contributed by atoms with Crippen molar-refractivity contribution in [3.05, 3.63) is 59.7 Å². The van der Waals surface area contributed by atoms with Crippen LogP contribution in [-0.2, 0) is 20.9 Å². The van der Waals surface area contributed by atoms with Crippen LogP contribution >= 0.6 is 0 Å². The van der Waals surface area contributed by atoms with Gasteiger partial charge < -0.3 is 24.3 Å². The molecule has 0 bridgehead atoms. The first-order chi connectivity index (χ1) is 13.6. The molecule has 28 heavy (non-hydrogen) atoms. The minimum absolute atomic E-state index is 0.356. The number of carbonyl (C=O) groups excluding carboxylic acids is 2. The fourth-order valence-electron chi connectivity index (χ4n) is 2.39. The largest absolute Gasteiger partial charge is 0.493 e. The Morgan fingerprint density at radius 2 is 1.61 bits per heavy atom. The van der Waals surface area contributed by atoms with Crippen LogP contribution < -0.4 is 19.5 Å². The van der Waals surface area contributed by atoms with Crippen LogP contribution in [0.15, 0.2) is 48.5 Å². The van der Waals surface area contributed by atoms with Crippen molar-refractivity contribution in [3.63, 3.8) is 0 Å². The van der Waals surface area contributed by atoms with Crippen molar-refractivity contribution in [1.29, 1.82) is 0 Å². The Bertz CT molecular complexity index is 807. The molecule has 0 spiro atoms. The Morgan fingerprint density at radius 1 is 0.964 bits per heavy atom. The molecule has 7 nitrogen and oxygen atoms in total. The molecule has 0 aliphatic carbocycles. The van der Waals surface area contributed by atoms with Crippen molar-refractivity contribution >= 4 is 18.0 Å². The third-order valence-electron chi connectivity index (χ3n) is 3.78. The van der Waals surface area contributed by atoms with Gasteiger partial charge in [-0.25, -0.2) is 4.79 Å². The van der Waals surface area contributed by atoms with Crippen molar-refractivity contribution in [1.82, 2.24) is 5.32 Å². The van der Waals surface area contributed by atoms with E-state index in [-0.39, 0.29) is 12.5 Å². The van der Waals surface area contributed by atoms with Crippen LogP contribution in [0.4, 0.5) is 0 Å². The maximum absolute atomic E-state index is 11.9. The van der Waals surface area contributed by atoms with E-state index in [1.54, 1.807) is 12.1 Å². The third-order valence-corrected chi connectivity index (χ3v) is 3.78. The van der Waals surface area contributed by atoms with Crippen molar-refractivity contribution in [2.75, 3.05) is 27.9 Å². The van der Waals surface area contributed by atoms with E-state index in [4.69, 9.17) is 18.9 Å². The minimum Gasteiger partial charge on any atom is -0.493 e. The van der Waals surface area contributed by atoms with Crippen molar-refractivity contribution in [2.24, 2.45) is 0 Å². The average Bonchev–Trinajstić information content (AvgIpc) is 2.74. The van der Waals surface area contributed by atoms with E-state index >= 15 is 0 Å². The van der Waals surface area contributed by atoms with E-state index in [1.165, 1.54) is 33.5 Å². The second-order valence-electron chi connectivity index (χ2n) is 5.66. The van der Waals surface area contributed by atoms with Gasteiger partial charge in [0.25, 0.3) is 5.91 Å². The van der Waals surface area contributed by atoms with E-state index in [1.807, 2.05) is 30.3 Å². The van der Waals surface area contributed by atoms with Gasteiger partial charge in [-0.05, 0) is 29.3 Å². The molecular formula is C21H23NO6. The molecule has 2 rings (SSSR count). The number of nitrogens with one attached hydrogen (secondary N) is 1.